The fraction of sp³-hybridized carbons (Fsp3) is 0.316. The highest BCUT2D eigenvalue weighted by Gasteiger charge is 2.11. The van der Waals surface area contributed by atoms with Gasteiger partial charge in [0, 0.05) is 6.54 Å². The molecule has 0 saturated carbocycles. The zero-order chi connectivity index (χ0) is 16.1. The maximum atomic E-state index is 5.90. The molecule has 0 atom stereocenters. The summed E-state index contributed by atoms with van der Waals surface area (Å²) in [6.07, 6.45) is 1.09. The minimum Gasteiger partial charge on any atom is -0.486 e. The van der Waals surface area contributed by atoms with Gasteiger partial charge < -0.3 is 19.7 Å². The molecule has 0 amide bonds. The van der Waals surface area contributed by atoms with Crippen molar-refractivity contribution in [2.45, 2.75) is 19.6 Å². The second-order valence-corrected chi connectivity index (χ2v) is 5.93. The Balaban J connectivity index is 0.00000208. The Labute approximate surface area is 167 Å². The van der Waals surface area contributed by atoms with Crippen LogP contribution in [0.3, 0.4) is 0 Å². The molecule has 0 unspecified atom stereocenters. The van der Waals surface area contributed by atoms with Gasteiger partial charge in [0.15, 0.2) is 0 Å². The molecule has 0 radical (unpaired) electrons. The standard InChI is InChI=1S/C19H23N3O.2ClH.H2O/c1-21(2)13-8-14-22-18-12-7-6-11-17(18)20-19(22)15-23-16-9-4-3-5-10-16;;;/h3-7,9-12H,8,13-15H2,1-2H3;2*1H;1H2. The summed E-state index contributed by atoms with van der Waals surface area (Å²) in [5.41, 5.74) is 2.21. The number of fused-ring (bicyclic) bond motifs is 1. The summed E-state index contributed by atoms with van der Waals surface area (Å²) in [7, 11) is 4.21. The van der Waals surface area contributed by atoms with Crippen LogP contribution in [0.5, 0.6) is 5.75 Å². The van der Waals surface area contributed by atoms with Gasteiger partial charge in [-0.2, -0.15) is 0 Å². The Kier molecular flexibility index (Phi) is 10.9. The molecule has 0 spiro atoms. The highest BCUT2D eigenvalue weighted by molar-refractivity contribution is 5.85. The van der Waals surface area contributed by atoms with Crippen molar-refractivity contribution < 1.29 is 10.2 Å². The molecule has 26 heavy (non-hydrogen) atoms. The number of imidazole rings is 1. The lowest BCUT2D eigenvalue weighted by Crippen LogP contribution is -2.16. The predicted molar refractivity (Wildman–Crippen MR) is 112 cm³/mol. The van der Waals surface area contributed by atoms with Crippen LogP contribution in [0.1, 0.15) is 12.2 Å². The Morgan fingerprint density at radius 2 is 1.62 bits per heavy atom. The van der Waals surface area contributed by atoms with Crippen LogP contribution in [-0.2, 0) is 13.2 Å². The molecule has 0 aliphatic carbocycles. The van der Waals surface area contributed by atoms with Crippen LogP contribution in [0.4, 0.5) is 0 Å². The average Bonchev–Trinajstić information content (AvgIpc) is 2.92. The Hall–Kier alpha value is -1.79. The van der Waals surface area contributed by atoms with E-state index in [1.54, 1.807) is 0 Å². The second-order valence-electron chi connectivity index (χ2n) is 5.93. The number of benzene rings is 2. The van der Waals surface area contributed by atoms with Crippen LogP contribution >= 0.6 is 24.8 Å². The minimum absolute atomic E-state index is 0. The number of para-hydroxylation sites is 3. The van der Waals surface area contributed by atoms with E-state index in [0.717, 1.165) is 36.6 Å². The Morgan fingerprint density at radius 3 is 2.31 bits per heavy atom. The number of nitrogens with zero attached hydrogens (tertiary/aromatic N) is 3. The zero-order valence-corrected chi connectivity index (χ0v) is 16.7. The Bertz CT molecular complexity index is 764. The monoisotopic (exact) mass is 399 g/mol. The van der Waals surface area contributed by atoms with Crippen molar-refractivity contribution in [1.29, 1.82) is 0 Å². The first-order valence-corrected chi connectivity index (χ1v) is 8.01. The van der Waals surface area contributed by atoms with E-state index in [-0.39, 0.29) is 30.3 Å². The van der Waals surface area contributed by atoms with Crippen LogP contribution in [0, 0.1) is 0 Å². The maximum absolute atomic E-state index is 5.90. The molecule has 2 N–H and O–H groups in total. The molecule has 0 aliphatic rings. The number of aromatic nitrogens is 2. The highest BCUT2D eigenvalue weighted by atomic mass is 35.5. The summed E-state index contributed by atoms with van der Waals surface area (Å²) >= 11 is 0. The van der Waals surface area contributed by atoms with Crippen molar-refractivity contribution in [2.24, 2.45) is 0 Å². The molecular weight excluding hydrogens is 373 g/mol. The van der Waals surface area contributed by atoms with Crippen LogP contribution in [-0.4, -0.2) is 40.6 Å². The average molecular weight is 400 g/mol. The molecule has 2 aromatic carbocycles. The van der Waals surface area contributed by atoms with Crippen molar-refractivity contribution >= 4 is 35.8 Å². The molecule has 3 aromatic rings. The van der Waals surface area contributed by atoms with Crippen molar-refractivity contribution in [2.75, 3.05) is 20.6 Å². The van der Waals surface area contributed by atoms with E-state index in [4.69, 9.17) is 9.72 Å². The highest BCUT2D eigenvalue weighted by Crippen LogP contribution is 2.18. The molecule has 3 rings (SSSR count). The molecule has 0 saturated heterocycles. The third-order valence-electron chi connectivity index (χ3n) is 3.83. The molecule has 1 heterocycles. The lowest BCUT2D eigenvalue weighted by molar-refractivity contribution is 0.288. The van der Waals surface area contributed by atoms with Crippen molar-refractivity contribution in [3.05, 3.63) is 60.4 Å². The van der Waals surface area contributed by atoms with Crippen molar-refractivity contribution in [1.82, 2.24) is 14.5 Å². The van der Waals surface area contributed by atoms with E-state index in [1.165, 1.54) is 5.52 Å². The number of ether oxygens (including phenoxy) is 1. The summed E-state index contributed by atoms with van der Waals surface area (Å²) in [6, 6.07) is 18.2. The first-order valence-electron chi connectivity index (χ1n) is 8.01. The number of hydrogen-bond donors (Lipinski definition) is 0. The van der Waals surface area contributed by atoms with Gasteiger partial charge in [0.05, 0.1) is 11.0 Å². The summed E-state index contributed by atoms with van der Waals surface area (Å²) in [5.74, 6) is 1.85. The number of rotatable bonds is 7. The topological polar surface area (TPSA) is 61.8 Å². The summed E-state index contributed by atoms with van der Waals surface area (Å²) in [6.45, 7) is 2.50. The lowest BCUT2D eigenvalue weighted by Gasteiger charge is -2.13. The minimum atomic E-state index is 0. The van der Waals surface area contributed by atoms with Crippen LogP contribution in [0.25, 0.3) is 11.0 Å². The van der Waals surface area contributed by atoms with Crippen molar-refractivity contribution in [3.8, 4) is 5.75 Å². The van der Waals surface area contributed by atoms with E-state index in [1.807, 2.05) is 36.4 Å². The SMILES string of the molecule is CN(C)CCCn1c(COc2ccccc2)nc2ccccc21.Cl.Cl.O. The van der Waals surface area contributed by atoms with Gasteiger partial charge in [-0.15, -0.1) is 24.8 Å². The van der Waals surface area contributed by atoms with E-state index in [2.05, 4.69) is 41.8 Å². The van der Waals surface area contributed by atoms with E-state index >= 15 is 0 Å². The first-order chi connectivity index (χ1) is 11.2. The lowest BCUT2D eigenvalue weighted by atomic mass is 10.3. The van der Waals surface area contributed by atoms with Crippen molar-refractivity contribution in [3.63, 3.8) is 0 Å². The normalized spacial score (nSPS) is 9.96. The van der Waals surface area contributed by atoms with E-state index in [9.17, 15) is 0 Å². The predicted octanol–water partition coefficient (Wildman–Crippen LogP) is 3.59. The largest absolute Gasteiger partial charge is 0.486 e. The third-order valence-corrected chi connectivity index (χ3v) is 3.83. The molecule has 0 aliphatic heterocycles. The summed E-state index contributed by atoms with van der Waals surface area (Å²) in [5, 5.41) is 0. The first kappa shape index (κ1) is 24.2. The summed E-state index contributed by atoms with van der Waals surface area (Å²) < 4.78 is 8.18. The van der Waals surface area contributed by atoms with Gasteiger partial charge in [0.2, 0.25) is 0 Å². The molecule has 0 fully saturated rings. The smallest absolute Gasteiger partial charge is 0.147 e. The van der Waals surface area contributed by atoms with Gasteiger partial charge in [-0.3, -0.25) is 0 Å². The van der Waals surface area contributed by atoms with Gasteiger partial charge in [-0.25, -0.2) is 4.98 Å². The maximum Gasteiger partial charge on any atom is 0.147 e. The van der Waals surface area contributed by atoms with E-state index in [0.29, 0.717) is 6.61 Å². The number of aryl methyl sites for hydroxylation is 1. The van der Waals surface area contributed by atoms with Gasteiger partial charge in [-0.05, 0) is 51.3 Å². The molecule has 144 valence electrons. The van der Waals surface area contributed by atoms with Crippen LogP contribution in [0.2, 0.25) is 0 Å². The fourth-order valence-electron chi connectivity index (χ4n) is 2.69. The zero-order valence-electron chi connectivity index (χ0n) is 15.1. The quantitative estimate of drug-likeness (QED) is 0.609. The summed E-state index contributed by atoms with van der Waals surface area (Å²) in [4.78, 5) is 6.96. The van der Waals surface area contributed by atoms with E-state index < -0.39 is 0 Å². The third kappa shape index (κ3) is 6.18. The fourth-order valence-corrected chi connectivity index (χ4v) is 2.69. The number of hydrogen-bond acceptors (Lipinski definition) is 3. The Morgan fingerprint density at radius 1 is 0.962 bits per heavy atom. The second kappa shape index (κ2) is 11.8. The van der Waals surface area contributed by atoms with Gasteiger partial charge in [0.1, 0.15) is 18.2 Å². The number of halogens is 2. The molecular formula is C19H27Cl2N3O2. The van der Waals surface area contributed by atoms with Gasteiger partial charge >= 0.3 is 0 Å². The van der Waals surface area contributed by atoms with Gasteiger partial charge in [-0.1, -0.05) is 30.3 Å². The molecule has 7 heteroatoms. The van der Waals surface area contributed by atoms with Crippen LogP contribution in [0.15, 0.2) is 54.6 Å². The molecule has 0 bridgehead atoms. The van der Waals surface area contributed by atoms with Crippen LogP contribution < -0.4 is 4.74 Å². The molecule has 5 nitrogen and oxygen atoms in total. The van der Waals surface area contributed by atoms with Gasteiger partial charge in [0.25, 0.3) is 0 Å². The molecule has 1 aromatic heterocycles.